The molecule has 1 N–H and O–H groups in total. The minimum absolute atomic E-state index is 0.614. The third-order valence-electron chi connectivity index (χ3n) is 3.04. The molecule has 0 aliphatic heterocycles. The topological polar surface area (TPSA) is 34.1 Å². The van der Waals surface area contributed by atoms with Crippen LogP contribution in [0.15, 0.2) is 45.3 Å². The Morgan fingerprint density at radius 1 is 1.20 bits per heavy atom. The molecular weight excluding hydrogens is 384 g/mol. The third-order valence-corrected chi connectivity index (χ3v) is 4.15. The van der Waals surface area contributed by atoms with Gasteiger partial charge in [0.25, 0.3) is 0 Å². The van der Waals surface area contributed by atoms with Crippen molar-refractivity contribution in [3.63, 3.8) is 0 Å². The Morgan fingerprint density at radius 3 is 2.80 bits per heavy atom. The number of ether oxygens (including phenoxy) is 1. The molecule has 0 atom stereocenters. The maximum absolute atomic E-state index is 5.82. The Bertz CT molecular complexity index is 615. The van der Waals surface area contributed by atoms with E-state index in [0.717, 1.165) is 26.9 Å². The lowest BCUT2D eigenvalue weighted by Crippen LogP contribution is -2.16. The zero-order valence-electron chi connectivity index (χ0n) is 10.8. The van der Waals surface area contributed by atoms with Crippen molar-refractivity contribution in [2.45, 2.75) is 25.4 Å². The van der Waals surface area contributed by atoms with Crippen molar-refractivity contribution in [3.05, 3.63) is 51.0 Å². The van der Waals surface area contributed by atoms with Crippen LogP contribution in [0.1, 0.15) is 18.5 Å². The summed E-state index contributed by atoms with van der Waals surface area (Å²) < 4.78 is 7.73. The van der Waals surface area contributed by atoms with E-state index in [0.29, 0.717) is 11.9 Å². The number of nitrogens with zero attached hydrogens (tertiary/aromatic N) is 1. The largest absolute Gasteiger partial charge is 0.438 e. The van der Waals surface area contributed by atoms with Gasteiger partial charge in [-0.2, -0.15) is 0 Å². The summed E-state index contributed by atoms with van der Waals surface area (Å²) in [5, 5.41) is 3.45. The number of nitrogens with one attached hydrogen (secondary N) is 1. The third kappa shape index (κ3) is 3.81. The minimum atomic E-state index is 0.614. The van der Waals surface area contributed by atoms with E-state index in [1.54, 1.807) is 0 Å². The Kier molecular flexibility index (Phi) is 4.38. The number of hydrogen-bond donors (Lipinski definition) is 1. The van der Waals surface area contributed by atoms with Gasteiger partial charge in [0.1, 0.15) is 5.75 Å². The highest BCUT2D eigenvalue weighted by Crippen LogP contribution is 2.31. The molecule has 5 heteroatoms. The van der Waals surface area contributed by atoms with Gasteiger partial charge in [0.05, 0.1) is 10.2 Å². The molecule has 0 amide bonds. The van der Waals surface area contributed by atoms with Crippen LogP contribution in [0.5, 0.6) is 11.6 Å². The number of aromatic nitrogens is 1. The Labute approximate surface area is 135 Å². The zero-order valence-corrected chi connectivity index (χ0v) is 13.9. The Morgan fingerprint density at radius 2 is 2.05 bits per heavy atom. The van der Waals surface area contributed by atoms with E-state index in [1.165, 1.54) is 12.8 Å². The summed E-state index contributed by atoms with van der Waals surface area (Å²) in [7, 11) is 0. The highest BCUT2D eigenvalue weighted by atomic mass is 79.9. The number of rotatable bonds is 5. The van der Waals surface area contributed by atoms with E-state index in [1.807, 2.05) is 36.4 Å². The first kappa shape index (κ1) is 14.0. The van der Waals surface area contributed by atoms with Gasteiger partial charge in [0.2, 0.25) is 5.88 Å². The Balaban J connectivity index is 1.70. The molecule has 2 aromatic rings. The molecule has 1 fully saturated rings. The number of benzene rings is 1. The average Bonchev–Trinajstić information content (AvgIpc) is 3.24. The van der Waals surface area contributed by atoms with E-state index < -0.39 is 0 Å². The minimum Gasteiger partial charge on any atom is -0.438 e. The quantitative estimate of drug-likeness (QED) is 0.797. The summed E-state index contributed by atoms with van der Waals surface area (Å²) in [4.78, 5) is 4.51. The van der Waals surface area contributed by atoms with Crippen molar-refractivity contribution in [1.82, 2.24) is 10.3 Å². The molecule has 104 valence electrons. The monoisotopic (exact) mass is 396 g/mol. The van der Waals surface area contributed by atoms with Gasteiger partial charge in [-0.05, 0) is 53.0 Å². The van der Waals surface area contributed by atoms with Crippen LogP contribution in [0.25, 0.3) is 0 Å². The predicted molar refractivity (Wildman–Crippen MR) is 86.0 cm³/mol. The fourth-order valence-corrected chi connectivity index (χ4v) is 2.95. The van der Waals surface area contributed by atoms with Gasteiger partial charge < -0.3 is 10.1 Å². The fraction of sp³-hybridized carbons (Fsp3) is 0.267. The predicted octanol–water partition coefficient (Wildman–Crippen LogP) is 4.65. The van der Waals surface area contributed by atoms with Gasteiger partial charge in [0, 0.05) is 23.1 Å². The first-order chi connectivity index (χ1) is 9.70. The van der Waals surface area contributed by atoms with Crippen LogP contribution >= 0.6 is 31.9 Å². The molecule has 1 heterocycles. The smallest absolute Gasteiger partial charge is 0.219 e. The summed E-state index contributed by atoms with van der Waals surface area (Å²) >= 11 is 6.91. The normalized spacial score (nSPS) is 14.3. The molecule has 1 saturated carbocycles. The molecule has 1 aromatic heterocycles. The van der Waals surface area contributed by atoms with Crippen molar-refractivity contribution < 1.29 is 4.74 Å². The van der Waals surface area contributed by atoms with Crippen molar-refractivity contribution in [2.24, 2.45) is 0 Å². The molecule has 0 spiro atoms. The second-order valence-electron chi connectivity index (χ2n) is 4.80. The van der Waals surface area contributed by atoms with Crippen LogP contribution in [0, 0.1) is 0 Å². The van der Waals surface area contributed by atoms with E-state index in [2.05, 4.69) is 42.2 Å². The molecule has 3 rings (SSSR count). The first-order valence-electron chi connectivity index (χ1n) is 6.53. The van der Waals surface area contributed by atoms with Crippen molar-refractivity contribution in [3.8, 4) is 11.6 Å². The van der Waals surface area contributed by atoms with E-state index in [-0.39, 0.29) is 0 Å². The molecule has 3 nitrogen and oxygen atoms in total. The highest BCUT2D eigenvalue weighted by Gasteiger charge is 2.20. The van der Waals surface area contributed by atoms with Crippen molar-refractivity contribution >= 4 is 31.9 Å². The van der Waals surface area contributed by atoms with Crippen LogP contribution < -0.4 is 10.1 Å². The molecule has 0 radical (unpaired) electrons. The second kappa shape index (κ2) is 6.24. The van der Waals surface area contributed by atoms with Gasteiger partial charge in [0.15, 0.2) is 0 Å². The Hall–Kier alpha value is -0.910. The molecule has 1 aliphatic rings. The van der Waals surface area contributed by atoms with Gasteiger partial charge in [-0.3, -0.25) is 0 Å². The van der Waals surface area contributed by atoms with Gasteiger partial charge in [-0.25, -0.2) is 4.98 Å². The lowest BCUT2D eigenvalue weighted by Gasteiger charge is -2.09. The lowest BCUT2D eigenvalue weighted by molar-refractivity contribution is 0.456. The standard InChI is InChI=1S/C15H14Br2N2O/c16-10-4-7-14(13(17)8-10)20-15-3-1-2-12(19-15)9-18-11-5-6-11/h1-4,7-8,11,18H,5-6,9H2. The average molecular weight is 398 g/mol. The van der Waals surface area contributed by atoms with E-state index >= 15 is 0 Å². The van der Waals surface area contributed by atoms with Crippen LogP contribution in [-0.2, 0) is 6.54 Å². The fourth-order valence-electron chi connectivity index (χ4n) is 1.82. The molecule has 1 aromatic carbocycles. The number of hydrogen-bond acceptors (Lipinski definition) is 3. The molecule has 0 bridgehead atoms. The number of pyridine rings is 1. The molecule has 1 aliphatic carbocycles. The van der Waals surface area contributed by atoms with Gasteiger partial charge in [-0.15, -0.1) is 0 Å². The molecule has 0 unspecified atom stereocenters. The second-order valence-corrected chi connectivity index (χ2v) is 6.57. The zero-order chi connectivity index (χ0) is 13.9. The summed E-state index contributed by atoms with van der Waals surface area (Å²) in [6, 6.07) is 12.3. The molecule has 20 heavy (non-hydrogen) atoms. The lowest BCUT2D eigenvalue weighted by atomic mass is 10.3. The summed E-state index contributed by atoms with van der Waals surface area (Å²) in [5.74, 6) is 1.37. The van der Waals surface area contributed by atoms with Crippen molar-refractivity contribution in [1.29, 1.82) is 0 Å². The molecule has 0 saturated heterocycles. The molecular formula is C15H14Br2N2O. The summed E-state index contributed by atoms with van der Waals surface area (Å²) in [6.45, 7) is 0.795. The summed E-state index contributed by atoms with van der Waals surface area (Å²) in [5.41, 5.74) is 1.00. The summed E-state index contributed by atoms with van der Waals surface area (Å²) in [6.07, 6.45) is 2.56. The highest BCUT2D eigenvalue weighted by molar-refractivity contribution is 9.11. The van der Waals surface area contributed by atoms with Crippen LogP contribution in [0.2, 0.25) is 0 Å². The van der Waals surface area contributed by atoms with E-state index in [4.69, 9.17) is 4.74 Å². The maximum Gasteiger partial charge on any atom is 0.219 e. The van der Waals surface area contributed by atoms with Gasteiger partial charge >= 0.3 is 0 Å². The SMILES string of the molecule is Brc1ccc(Oc2cccc(CNC3CC3)n2)c(Br)c1. The van der Waals surface area contributed by atoms with Crippen LogP contribution in [0.4, 0.5) is 0 Å². The van der Waals surface area contributed by atoms with Crippen LogP contribution in [0.3, 0.4) is 0 Å². The van der Waals surface area contributed by atoms with E-state index in [9.17, 15) is 0 Å². The van der Waals surface area contributed by atoms with Crippen molar-refractivity contribution in [2.75, 3.05) is 0 Å². The maximum atomic E-state index is 5.82. The van der Waals surface area contributed by atoms with Crippen LogP contribution in [-0.4, -0.2) is 11.0 Å². The van der Waals surface area contributed by atoms with Gasteiger partial charge in [-0.1, -0.05) is 22.0 Å². The first-order valence-corrected chi connectivity index (χ1v) is 8.11. The number of halogens is 2.